The summed E-state index contributed by atoms with van der Waals surface area (Å²) in [5.74, 6) is 1.08. The predicted octanol–water partition coefficient (Wildman–Crippen LogP) is 4.85. The number of allylic oxidation sites excluding steroid dienone is 2. The maximum absolute atomic E-state index is 13.1. The van der Waals surface area contributed by atoms with Crippen LogP contribution in [0.3, 0.4) is 0 Å². The van der Waals surface area contributed by atoms with Crippen molar-refractivity contribution in [1.29, 1.82) is 0 Å². The molecule has 0 saturated heterocycles. The lowest BCUT2D eigenvalue weighted by atomic mass is 9.69. The van der Waals surface area contributed by atoms with Gasteiger partial charge in [0.2, 0.25) is 0 Å². The van der Waals surface area contributed by atoms with Gasteiger partial charge in [-0.3, -0.25) is 9.59 Å². The molecule has 5 nitrogen and oxygen atoms in total. The first-order chi connectivity index (χ1) is 13.3. The van der Waals surface area contributed by atoms with E-state index in [1.807, 2.05) is 31.2 Å². The highest BCUT2D eigenvalue weighted by Gasteiger charge is 2.42. The minimum atomic E-state index is -0.403. The fourth-order valence-electron chi connectivity index (χ4n) is 4.09. The zero-order chi connectivity index (χ0) is 20.1. The Labute approximate surface area is 176 Å². The Morgan fingerprint density at radius 1 is 1.21 bits per heavy atom. The van der Waals surface area contributed by atoms with Crippen LogP contribution in [0.25, 0.3) is 0 Å². The number of aromatic nitrogens is 2. The number of aromatic amines is 1. The summed E-state index contributed by atoms with van der Waals surface area (Å²) < 4.78 is 0.956. The molecule has 1 atom stereocenters. The number of H-pyrrole nitrogens is 1. The van der Waals surface area contributed by atoms with Crippen LogP contribution in [0.5, 0.6) is 0 Å². The van der Waals surface area contributed by atoms with Crippen molar-refractivity contribution in [2.45, 2.75) is 44.7 Å². The standard InChI is InChI=1S/C21H22BrN3O2S/c1-4-28-20-24-18-17(19(27)25-20)15(11-5-7-12(22)8-6-11)16-13(23-18)9-21(2,3)10-14(16)26/h5-8,15H,4,9-10H2,1-3H3,(H2,23,24,25,27). The molecule has 146 valence electrons. The van der Waals surface area contributed by atoms with Crippen molar-refractivity contribution in [3.8, 4) is 0 Å². The second-order valence-corrected chi connectivity index (χ2v) is 10.2. The Bertz CT molecular complexity index is 1040. The summed E-state index contributed by atoms with van der Waals surface area (Å²) >= 11 is 4.96. The van der Waals surface area contributed by atoms with E-state index in [-0.39, 0.29) is 16.8 Å². The van der Waals surface area contributed by atoms with Gasteiger partial charge in [-0.05, 0) is 35.3 Å². The zero-order valence-electron chi connectivity index (χ0n) is 16.1. The van der Waals surface area contributed by atoms with E-state index in [9.17, 15) is 9.59 Å². The maximum Gasteiger partial charge on any atom is 0.257 e. The molecule has 2 N–H and O–H groups in total. The van der Waals surface area contributed by atoms with Crippen molar-refractivity contribution in [3.63, 3.8) is 0 Å². The number of Topliss-reactive ketones (excluding diaryl/α,β-unsaturated/α-hetero) is 1. The normalized spacial score (nSPS) is 20.4. The summed E-state index contributed by atoms with van der Waals surface area (Å²) in [5, 5.41) is 3.94. The number of benzene rings is 1. The molecule has 1 aliphatic heterocycles. The van der Waals surface area contributed by atoms with Gasteiger partial charge in [0.15, 0.2) is 10.9 Å². The van der Waals surface area contributed by atoms with Gasteiger partial charge in [0.25, 0.3) is 5.56 Å². The predicted molar refractivity (Wildman–Crippen MR) is 116 cm³/mol. The summed E-state index contributed by atoms with van der Waals surface area (Å²) in [7, 11) is 0. The molecule has 1 aliphatic carbocycles. The first-order valence-electron chi connectivity index (χ1n) is 9.35. The van der Waals surface area contributed by atoms with Crippen LogP contribution < -0.4 is 10.9 Å². The lowest BCUT2D eigenvalue weighted by molar-refractivity contribution is -0.118. The molecule has 1 aromatic heterocycles. The number of nitrogens with one attached hydrogen (secondary N) is 2. The number of carbonyl (C=O) groups is 1. The van der Waals surface area contributed by atoms with Gasteiger partial charge in [-0.1, -0.05) is 60.6 Å². The first-order valence-corrected chi connectivity index (χ1v) is 11.1. The van der Waals surface area contributed by atoms with Crippen LogP contribution in [0, 0.1) is 5.41 Å². The molecule has 2 aliphatic rings. The van der Waals surface area contributed by atoms with Crippen LogP contribution in [0.15, 0.2) is 50.0 Å². The molecule has 28 heavy (non-hydrogen) atoms. The van der Waals surface area contributed by atoms with Crippen LogP contribution in [0.1, 0.15) is 50.7 Å². The summed E-state index contributed by atoms with van der Waals surface area (Å²) in [4.78, 5) is 33.7. The monoisotopic (exact) mass is 459 g/mol. The maximum atomic E-state index is 13.1. The molecule has 0 amide bonds. The topological polar surface area (TPSA) is 74.8 Å². The van der Waals surface area contributed by atoms with E-state index in [2.05, 4.69) is 45.1 Å². The molecule has 1 aromatic carbocycles. The van der Waals surface area contributed by atoms with Gasteiger partial charge in [-0.2, -0.15) is 0 Å². The number of anilines is 1. The Hall–Kier alpha value is -1.86. The fraction of sp³-hybridized carbons (Fsp3) is 0.381. The van der Waals surface area contributed by atoms with Gasteiger partial charge in [0.05, 0.1) is 5.56 Å². The Kier molecular flexibility index (Phi) is 5.00. The molecule has 0 saturated carbocycles. The number of hydrogen-bond donors (Lipinski definition) is 2. The van der Waals surface area contributed by atoms with Gasteiger partial charge < -0.3 is 10.3 Å². The van der Waals surface area contributed by atoms with E-state index >= 15 is 0 Å². The summed E-state index contributed by atoms with van der Waals surface area (Å²) in [6, 6.07) is 7.82. The van der Waals surface area contributed by atoms with E-state index in [1.54, 1.807) is 0 Å². The van der Waals surface area contributed by atoms with Crippen LogP contribution in [-0.2, 0) is 4.79 Å². The number of rotatable bonds is 3. The lowest BCUT2D eigenvalue weighted by Gasteiger charge is -2.38. The van der Waals surface area contributed by atoms with Gasteiger partial charge in [0.1, 0.15) is 5.82 Å². The van der Waals surface area contributed by atoms with Gasteiger partial charge in [0, 0.05) is 28.1 Å². The Morgan fingerprint density at radius 2 is 1.93 bits per heavy atom. The molecule has 1 unspecified atom stereocenters. The highest BCUT2D eigenvalue weighted by molar-refractivity contribution is 9.10. The molecule has 2 heterocycles. The molecular weight excluding hydrogens is 438 g/mol. The van der Waals surface area contributed by atoms with Crippen molar-refractivity contribution in [2.24, 2.45) is 5.41 Å². The molecule has 2 aromatic rings. The Morgan fingerprint density at radius 3 is 2.61 bits per heavy atom. The average Bonchev–Trinajstić information content (AvgIpc) is 2.60. The molecule has 7 heteroatoms. The van der Waals surface area contributed by atoms with Gasteiger partial charge >= 0.3 is 0 Å². The number of halogens is 1. The highest BCUT2D eigenvalue weighted by atomic mass is 79.9. The van der Waals surface area contributed by atoms with Gasteiger partial charge in [-0.15, -0.1) is 0 Å². The molecule has 0 spiro atoms. The molecule has 4 rings (SSSR count). The van der Waals surface area contributed by atoms with Crippen molar-refractivity contribution in [3.05, 3.63) is 61.5 Å². The van der Waals surface area contributed by atoms with Crippen molar-refractivity contribution in [1.82, 2.24) is 9.97 Å². The van der Waals surface area contributed by atoms with E-state index in [0.717, 1.165) is 27.9 Å². The average molecular weight is 460 g/mol. The molecule has 0 fully saturated rings. The Balaban J connectivity index is 1.95. The number of ketones is 1. The smallest absolute Gasteiger partial charge is 0.257 e. The molecule has 0 radical (unpaired) electrons. The van der Waals surface area contributed by atoms with E-state index in [1.165, 1.54) is 11.8 Å². The quantitative estimate of drug-likeness (QED) is 0.506. The molecule has 0 bridgehead atoms. The SMILES string of the molecule is CCSc1nc2c(c(=O)[nH]1)C(c1ccc(Br)cc1)C1=C(CC(C)(C)CC1=O)N2. The third-order valence-electron chi connectivity index (χ3n) is 5.18. The summed E-state index contributed by atoms with van der Waals surface area (Å²) in [5.41, 5.74) is 2.74. The summed E-state index contributed by atoms with van der Waals surface area (Å²) in [6.45, 7) is 6.22. The van der Waals surface area contributed by atoms with Crippen LogP contribution in [0.4, 0.5) is 5.82 Å². The second-order valence-electron chi connectivity index (χ2n) is 8.01. The first kappa shape index (κ1) is 19.5. The summed E-state index contributed by atoms with van der Waals surface area (Å²) in [6.07, 6.45) is 1.23. The number of nitrogens with zero attached hydrogens (tertiary/aromatic N) is 1. The highest BCUT2D eigenvalue weighted by Crippen LogP contribution is 2.47. The molecular formula is C21H22BrN3O2S. The van der Waals surface area contributed by atoms with Crippen LogP contribution in [0.2, 0.25) is 0 Å². The third-order valence-corrected chi connectivity index (χ3v) is 6.47. The van der Waals surface area contributed by atoms with Crippen molar-refractivity contribution < 1.29 is 4.79 Å². The van der Waals surface area contributed by atoms with Crippen molar-refractivity contribution in [2.75, 3.05) is 11.1 Å². The van der Waals surface area contributed by atoms with Gasteiger partial charge in [-0.25, -0.2) is 4.98 Å². The van der Waals surface area contributed by atoms with E-state index < -0.39 is 5.92 Å². The minimum absolute atomic E-state index is 0.101. The largest absolute Gasteiger partial charge is 0.343 e. The van der Waals surface area contributed by atoms with E-state index in [0.29, 0.717) is 28.5 Å². The van der Waals surface area contributed by atoms with Crippen LogP contribution >= 0.6 is 27.7 Å². The fourth-order valence-corrected chi connectivity index (χ4v) is 4.95. The zero-order valence-corrected chi connectivity index (χ0v) is 18.5. The van der Waals surface area contributed by atoms with E-state index in [4.69, 9.17) is 0 Å². The third kappa shape index (κ3) is 3.46. The number of hydrogen-bond acceptors (Lipinski definition) is 5. The number of thioether (sulfide) groups is 1. The minimum Gasteiger partial charge on any atom is -0.343 e. The lowest BCUT2D eigenvalue weighted by Crippen LogP contribution is -2.37. The number of fused-ring (bicyclic) bond motifs is 1. The number of carbonyl (C=O) groups excluding carboxylic acids is 1. The van der Waals surface area contributed by atoms with Crippen LogP contribution in [-0.4, -0.2) is 21.5 Å². The van der Waals surface area contributed by atoms with Crippen molar-refractivity contribution >= 4 is 39.3 Å². The second kappa shape index (κ2) is 7.19.